The molecule has 0 radical (unpaired) electrons. The summed E-state index contributed by atoms with van der Waals surface area (Å²) >= 11 is 0. The van der Waals surface area contributed by atoms with E-state index in [4.69, 9.17) is 9.15 Å². The second kappa shape index (κ2) is 7.55. The smallest absolute Gasteiger partial charge is 0.338 e. The summed E-state index contributed by atoms with van der Waals surface area (Å²) in [5.41, 5.74) is 1.81. The number of nitrogens with zero attached hydrogens (tertiary/aromatic N) is 3. The first-order valence-corrected chi connectivity index (χ1v) is 8.82. The largest absolute Gasteiger partial charge is 0.459 e. The number of benzene rings is 1. The Balaban J connectivity index is 1.27. The van der Waals surface area contributed by atoms with Crippen LogP contribution in [0.25, 0.3) is 11.0 Å². The first-order chi connectivity index (χ1) is 13.6. The van der Waals surface area contributed by atoms with Crippen LogP contribution >= 0.6 is 0 Å². The second-order valence-electron chi connectivity index (χ2n) is 6.36. The van der Waals surface area contributed by atoms with Crippen LogP contribution in [0.1, 0.15) is 20.9 Å². The van der Waals surface area contributed by atoms with Crippen LogP contribution in [-0.4, -0.2) is 70.3 Å². The molecule has 0 unspecified atom stereocenters. The average molecular weight is 382 g/mol. The normalized spacial score (nSPS) is 14.3. The molecule has 0 atom stereocenters. The van der Waals surface area contributed by atoms with Crippen molar-refractivity contribution in [1.82, 2.24) is 19.8 Å². The number of hydrogen-bond acceptors (Lipinski definition) is 6. The third-order valence-electron chi connectivity index (χ3n) is 4.63. The molecule has 28 heavy (non-hydrogen) atoms. The van der Waals surface area contributed by atoms with E-state index in [-0.39, 0.29) is 24.2 Å². The first-order valence-electron chi connectivity index (χ1n) is 8.82. The van der Waals surface area contributed by atoms with Gasteiger partial charge in [-0.1, -0.05) is 0 Å². The van der Waals surface area contributed by atoms with Gasteiger partial charge in [-0.3, -0.25) is 9.59 Å². The van der Waals surface area contributed by atoms with Crippen LogP contribution in [0.3, 0.4) is 0 Å². The molecule has 0 spiro atoms. The summed E-state index contributed by atoms with van der Waals surface area (Å²) in [4.78, 5) is 47.0. The number of piperazine rings is 1. The van der Waals surface area contributed by atoms with Crippen molar-refractivity contribution in [2.45, 2.75) is 0 Å². The molecular formula is C19H18N4O5. The Labute approximate surface area is 159 Å². The van der Waals surface area contributed by atoms with Gasteiger partial charge in [-0.25, -0.2) is 9.78 Å². The maximum atomic E-state index is 12.3. The highest BCUT2D eigenvalue weighted by Crippen LogP contribution is 2.13. The molecule has 4 rings (SSSR count). The highest BCUT2D eigenvalue weighted by Gasteiger charge is 2.26. The van der Waals surface area contributed by atoms with E-state index < -0.39 is 5.97 Å². The number of hydrogen-bond donors (Lipinski definition) is 1. The van der Waals surface area contributed by atoms with Crippen molar-refractivity contribution in [3.05, 3.63) is 54.2 Å². The van der Waals surface area contributed by atoms with E-state index in [1.807, 2.05) is 0 Å². The molecule has 2 aromatic heterocycles. The maximum Gasteiger partial charge on any atom is 0.338 e. The predicted octanol–water partition coefficient (Wildman–Crippen LogP) is 1.30. The molecule has 0 bridgehead atoms. The van der Waals surface area contributed by atoms with Gasteiger partial charge in [-0.05, 0) is 30.3 Å². The fraction of sp³-hybridized carbons (Fsp3) is 0.263. The molecule has 0 aliphatic carbocycles. The SMILES string of the molecule is O=C(OCC(=O)N1CCN(C(=O)c2ccco2)CC1)c1ccc2nc[nH]c2c1. The number of amides is 2. The zero-order chi connectivity index (χ0) is 19.5. The fourth-order valence-corrected chi connectivity index (χ4v) is 3.08. The summed E-state index contributed by atoms with van der Waals surface area (Å²) in [6.45, 7) is 1.21. The van der Waals surface area contributed by atoms with Gasteiger partial charge in [0.05, 0.1) is 29.2 Å². The number of fused-ring (bicyclic) bond motifs is 1. The van der Waals surface area contributed by atoms with E-state index in [1.165, 1.54) is 6.26 Å². The summed E-state index contributed by atoms with van der Waals surface area (Å²) in [5, 5.41) is 0. The maximum absolute atomic E-state index is 12.3. The summed E-state index contributed by atoms with van der Waals surface area (Å²) in [7, 11) is 0. The molecule has 9 heteroatoms. The second-order valence-corrected chi connectivity index (χ2v) is 6.36. The van der Waals surface area contributed by atoms with Crippen LogP contribution in [0.2, 0.25) is 0 Å². The van der Waals surface area contributed by atoms with Gasteiger partial charge in [0.25, 0.3) is 11.8 Å². The van der Waals surface area contributed by atoms with Crippen LogP contribution in [0.15, 0.2) is 47.3 Å². The first kappa shape index (κ1) is 17.8. The lowest BCUT2D eigenvalue weighted by Gasteiger charge is -2.34. The average Bonchev–Trinajstić information content (AvgIpc) is 3.42. The molecule has 3 heterocycles. The highest BCUT2D eigenvalue weighted by molar-refractivity contribution is 5.95. The fourth-order valence-electron chi connectivity index (χ4n) is 3.08. The highest BCUT2D eigenvalue weighted by atomic mass is 16.5. The van der Waals surface area contributed by atoms with Gasteiger partial charge in [-0.15, -0.1) is 0 Å². The van der Waals surface area contributed by atoms with Gasteiger partial charge in [0.2, 0.25) is 0 Å². The van der Waals surface area contributed by atoms with Gasteiger partial charge in [0.1, 0.15) is 0 Å². The Bertz CT molecular complexity index is 1000. The van der Waals surface area contributed by atoms with Crippen molar-refractivity contribution < 1.29 is 23.5 Å². The zero-order valence-electron chi connectivity index (χ0n) is 15.0. The minimum Gasteiger partial charge on any atom is -0.459 e. The lowest BCUT2D eigenvalue weighted by Crippen LogP contribution is -2.51. The Morgan fingerprint density at radius 3 is 2.64 bits per heavy atom. The van der Waals surface area contributed by atoms with Crippen molar-refractivity contribution in [1.29, 1.82) is 0 Å². The molecule has 2 amide bonds. The zero-order valence-corrected chi connectivity index (χ0v) is 15.0. The van der Waals surface area contributed by atoms with Gasteiger partial charge in [0, 0.05) is 26.2 Å². The van der Waals surface area contributed by atoms with Crippen molar-refractivity contribution in [3.63, 3.8) is 0 Å². The van der Waals surface area contributed by atoms with Gasteiger partial charge in [0.15, 0.2) is 12.4 Å². The minimum absolute atomic E-state index is 0.197. The number of carbonyl (C=O) groups excluding carboxylic acids is 3. The van der Waals surface area contributed by atoms with Crippen molar-refractivity contribution >= 4 is 28.8 Å². The van der Waals surface area contributed by atoms with E-state index in [9.17, 15) is 14.4 Å². The summed E-state index contributed by atoms with van der Waals surface area (Å²) in [6.07, 6.45) is 2.99. The number of furan rings is 1. The molecule has 1 N–H and O–H groups in total. The molecule has 9 nitrogen and oxygen atoms in total. The number of H-pyrrole nitrogens is 1. The number of ether oxygens (including phenoxy) is 1. The van der Waals surface area contributed by atoms with Gasteiger partial charge >= 0.3 is 5.97 Å². The van der Waals surface area contributed by atoms with E-state index in [1.54, 1.807) is 46.5 Å². The minimum atomic E-state index is -0.573. The van der Waals surface area contributed by atoms with Crippen LogP contribution < -0.4 is 0 Å². The molecule has 1 aliphatic heterocycles. The number of rotatable bonds is 4. The number of aromatic amines is 1. The van der Waals surface area contributed by atoms with Crippen LogP contribution in [0.4, 0.5) is 0 Å². The van der Waals surface area contributed by atoms with Crippen LogP contribution in [0.5, 0.6) is 0 Å². The molecule has 3 aromatic rings. The third-order valence-corrected chi connectivity index (χ3v) is 4.63. The topological polar surface area (TPSA) is 109 Å². The lowest BCUT2D eigenvalue weighted by atomic mass is 10.2. The number of esters is 1. The molecule has 1 aliphatic rings. The standard InChI is InChI=1S/C19H18N4O5/c24-17(11-28-19(26)13-3-4-14-15(10-13)21-12-20-14)22-5-7-23(8-6-22)18(25)16-2-1-9-27-16/h1-4,9-10,12H,5-8,11H2,(H,20,21). The lowest BCUT2D eigenvalue weighted by molar-refractivity contribution is -0.136. The Morgan fingerprint density at radius 1 is 1.11 bits per heavy atom. The molecule has 1 fully saturated rings. The molecule has 1 aromatic carbocycles. The number of imidazole rings is 1. The molecule has 144 valence electrons. The quantitative estimate of drug-likeness (QED) is 0.681. The summed E-state index contributed by atoms with van der Waals surface area (Å²) in [6, 6.07) is 8.22. The number of nitrogens with one attached hydrogen (secondary N) is 1. The van der Waals surface area contributed by atoms with E-state index in [0.29, 0.717) is 31.7 Å². The van der Waals surface area contributed by atoms with Gasteiger partial charge < -0.3 is 23.9 Å². The van der Waals surface area contributed by atoms with Gasteiger partial charge in [-0.2, -0.15) is 0 Å². The van der Waals surface area contributed by atoms with E-state index >= 15 is 0 Å². The number of carbonyl (C=O) groups is 3. The van der Waals surface area contributed by atoms with E-state index in [2.05, 4.69) is 9.97 Å². The summed E-state index contributed by atoms with van der Waals surface area (Å²) < 4.78 is 10.3. The number of aromatic nitrogens is 2. The van der Waals surface area contributed by atoms with Crippen molar-refractivity contribution in [3.8, 4) is 0 Å². The molecule has 1 saturated heterocycles. The van der Waals surface area contributed by atoms with E-state index in [0.717, 1.165) is 11.0 Å². The van der Waals surface area contributed by atoms with Crippen LogP contribution in [0, 0.1) is 0 Å². The predicted molar refractivity (Wildman–Crippen MR) is 97.6 cm³/mol. The summed E-state index contributed by atoms with van der Waals surface area (Å²) in [5.74, 6) is -0.779. The Morgan fingerprint density at radius 2 is 1.89 bits per heavy atom. The monoisotopic (exact) mass is 382 g/mol. The van der Waals surface area contributed by atoms with Crippen LogP contribution in [-0.2, 0) is 9.53 Å². The Kier molecular flexibility index (Phi) is 4.79. The Hall–Kier alpha value is -3.62. The van der Waals surface area contributed by atoms with Crippen molar-refractivity contribution in [2.24, 2.45) is 0 Å². The molecule has 0 saturated carbocycles. The molecular weight excluding hydrogens is 364 g/mol. The third kappa shape index (κ3) is 3.59. The van der Waals surface area contributed by atoms with Crippen molar-refractivity contribution in [2.75, 3.05) is 32.8 Å².